The van der Waals surface area contributed by atoms with Crippen LogP contribution in [0.1, 0.15) is 42.4 Å². The summed E-state index contributed by atoms with van der Waals surface area (Å²) < 4.78 is 41.0. The Bertz CT molecular complexity index is 1140. The molecular weight excluding hydrogens is 645 g/mol. The molecule has 2 aromatic rings. The number of rotatable bonds is 12. The van der Waals surface area contributed by atoms with Gasteiger partial charge in [-0.2, -0.15) is 13.2 Å². The molecule has 4 amide bonds. The van der Waals surface area contributed by atoms with E-state index in [1.54, 1.807) is 18.2 Å². The molecule has 7 nitrogen and oxygen atoms in total. The number of carbonyl (C=O) groups excluding carboxylic acids is 3. The first kappa shape index (κ1) is 31.3. The fourth-order valence-electron chi connectivity index (χ4n) is 4.74. The van der Waals surface area contributed by atoms with Crippen LogP contribution in [-0.2, 0) is 28.6 Å². The van der Waals surface area contributed by atoms with Crippen LogP contribution >= 0.6 is 31.9 Å². The largest absolute Gasteiger partial charge is 0.416 e. The van der Waals surface area contributed by atoms with Crippen molar-refractivity contribution in [2.75, 3.05) is 26.2 Å². The van der Waals surface area contributed by atoms with Crippen molar-refractivity contribution in [2.45, 2.75) is 44.7 Å². The molecule has 0 radical (unpaired) electrons. The molecule has 4 N–H and O–H groups in total. The lowest BCUT2D eigenvalue weighted by Crippen LogP contribution is -2.66. The molecule has 39 heavy (non-hydrogen) atoms. The molecule has 1 aliphatic heterocycles. The minimum atomic E-state index is -4.53. The minimum absolute atomic E-state index is 0.0578. The zero-order chi connectivity index (χ0) is 28.8. The van der Waals surface area contributed by atoms with Gasteiger partial charge in [0.15, 0.2) is 0 Å². The number of benzene rings is 2. The lowest BCUT2D eigenvalue weighted by Gasteiger charge is -2.44. The third-order valence-corrected chi connectivity index (χ3v) is 7.57. The second-order valence-electron chi connectivity index (χ2n) is 9.60. The Kier molecular flexibility index (Phi) is 10.7. The maximum atomic E-state index is 14.1. The Hall–Kier alpha value is -2.28. The van der Waals surface area contributed by atoms with Crippen molar-refractivity contribution in [3.8, 4) is 0 Å². The van der Waals surface area contributed by atoms with Gasteiger partial charge in [0.1, 0.15) is 5.41 Å². The number of unbranched alkanes of at least 4 members (excludes halogenated alkanes) is 2. The summed E-state index contributed by atoms with van der Waals surface area (Å²) in [4.78, 5) is 43.9. The predicted molar refractivity (Wildman–Crippen MR) is 149 cm³/mol. The monoisotopic (exact) mass is 674 g/mol. The quantitative estimate of drug-likeness (QED) is 0.235. The highest BCUT2D eigenvalue weighted by Crippen LogP contribution is 2.39. The average molecular weight is 676 g/mol. The summed E-state index contributed by atoms with van der Waals surface area (Å²) in [5, 5.41) is 0. The minimum Gasteiger partial charge on any atom is -0.330 e. The van der Waals surface area contributed by atoms with Crippen LogP contribution in [0.4, 0.5) is 18.0 Å². The van der Waals surface area contributed by atoms with Crippen LogP contribution in [0.3, 0.4) is 0 Å². The molecule has 0 atom stereocenters. The molecular formula is C27H31Br2F3N4O3. The molecule has 0 unspecified atom stereocenters. The number of amides is 4. The number of alkyl halides is 3. The summed E-state index contributed by atoms with van der Waals surface area (Å²) >= 11 is 6.86. The van der Waals surface area contributed by atoms with Gasteiger partial charge in [-0.3, -0.25) is 19.4 Å². The molecule has 0 aliphatic carbocycles. The molecule has 0 saturated carbocycles. The van der Waals surface area contributed by atoms with Gasteiger partial charge in [-0.25, -0.2) is 4.79 Å². The maximum absolute atomic E-state index is 14.1. The second kappa shape index (κ2) is 13.4. The Balaban J connectivity index is 2.13. The van der Waals surface area contributed by atoms with Crippen molar-refractivity contribution in [3.05, 3.63) is 68.1 Å². The molecule has 2 aromatic carbocycles. The SMILES string of the molecule is NCCCCN1C(=O)N(CCCCN)C(=O)C(Cc2ccc(C(F)(F)F)cc2)(Cc2cc(Br)cc(Br)c2)C1=O. The fourth-order valence-corrected chi connectivity index (χ4v) is 6.13. The first-order chi connectivity index (χ1) is 18.4. The normalized spacial score (nSPS) is 15.8. The first-order valence-corrected chi connectivity index (χ1v) is 14.2. The highest BCUT2D eigenvalue weighted by atomic mass is 79.9. The summed E-state index contributed by atoms with van der Waals surface area (Å²) in [7, 11) is 0. The van der Waals surface area contributed by atoms with Crippen LogP contribution in [0.2, 0.25) is 0 Å². The van der Waals surface area contributed by atoms with Gasteiger partial charge >= 0.3 is 12.2 Å². The van der Waals surface area contributed by atoms with Crippen molar-refractivity contribution in [1.82, 2.24) is 9.80 Å². The zero-order valence-corrected chi connectivity index (χ0v) is 24.4. The molecule has 1 fully saturated rings. The predicted octanol–water partition coefficient (Wildman–Crippen LogP) is 5.27. The third-order valence-electron chi connectivity index (χ3n) is 6.66. The van der Waals surface area contributed by atoms with Gasteiger partial charge in [0.05, 0.1) is 5.56 Å². The Morgan fingerprint density at radius 3 is 1.62 bits per heavy atom. The molecule has 0 spiro atoms. The molecule has 0 bridgehead atoms. The van der Waals surface area contributed by atoms with Crippen LogP contribution < -0.4 is 11.5 Å². The lowest BCUT2D eigenvalue weighted by atomic mass is 9.72. The van der Waals surface area contributed by atoms with E-state index in [9.17, 15) is 27.6 Å². The van der Waals surface area contributed by atoms with E-state index in [-0.39, 0.29) is 25.9 Å². The van der Waals surface area contributed by atoms with Gasteiger partial charge in [-0.1, -0.05) is 44.0 Å². The van der Waals surface area contributed by atoms with E-state index in [2.05, 4.69) is 31.9 Å². The first-order valence-electron chi connectivity index (χ1n) is 12.6. The molecule has 0 aromatic heterocycles. The van der Waals surface area contributed by atoms with Crippen LogP contribution in [0.5, 0.6) is 0 Å². The van der Waals surface area contributed by atoms with E-state index in [0.717, 1.165) is 21.9 Å². The molecule has 12 heteroatoms. The molecule has 1 heterocycles. The van der Waals surface area contributed by atoms with Crippen molar-refractivity contribution in [2.24, 2.45) is 16.9 Å². The average Bonchev–Trinajstić information content (AvgIpc) is 2.86. The molecule has 212 valence electrons. The third kappa shape index (κ3) is 7.47. The summed E-state index contributed by atoms with van der Waals surface area (Å²) in [6.45, 7) is 0.898. The van der Waals surface area contributed by atoms with Gasteiger partial charge in [-0.05, 0) is 93.1 Å². The van der Waals surface area contributed by atoms with Crippen LogP contribution in [0.25, 0.3) is 0 Å². The molecule has 1 saturated heterocycles. The number of barbiturate groups is 1. The molecule has 3 rings (SSSR count). The Labute approximate surface area is 242 Å². The van der Waals surface area contributed by atoms with Crippen molar-refractivity contribution >= 4 is 49.7 Å². The van der Waals surface area contributed by atoms with E-state index < -0.39 is 35.0 Å². The number of nitrogens with zero attached hydrogens (tertiary/aromatic N) is 2. The Morgan fingerprint density at radius 2 is 1.18 bits per heavy atom. The van der Waals surface area contributed by atoms with Crippen LogP contribution in [0, 0.1) is 5.41 Å². The second-order valence-corrected chi connectivity index (χ2v) is 11.4. The number of nitrogens with two attached hydrogens (primary N) is 2. The zero-order valence-electron chi connectivity index (χ0n) is 21.3. The molecule has 1 aliphatic rings. The fraction of sp³-hybridized carbons (Fsp3) is 0.444. The van der Waals surface area contributed by atoms with E-state index in [1.807, 2.05) is 0 Å². The van der Waals surface area contributed by atoms with Gasteiger partial charge in [-0.15, -0.1) is 0 Å². The lowest BCUT2D eigenvalue weighted by molar-refractivity contribution is -0.159. The Morgan fingerprint density at radius 1 is 0.718 bits per heavy atom. The van der Waals surface area contributed by atoms with Crippen molar-refractivity contribution in [3.63, 3.8) is 0 Å². The number of imide groups is 2. The summed E-state index contributed by atoms with van der Waals surface area (Å²) in [5.74, 6) is -1.33. The number of halogens is 5. The van der Waals surface area contributed by atoms with Gasteiger partial charge in [0.2, 0.25) is 11.8 Å². The van der Waals surface area contributed by atoms with E-state index >= 15 is 0 Å². The van der Waals surface area contributed by atoms with Gasteiger partial charge < -0.3 is 11.5 Å². The standard InChI is InChI=1S/C27H31Br2F3N4O3/c28-21-13-19(14-22(29)15-21)17-26(16-18-5-7-20(8-6-18)27(30,31)32)23(37)35(11-3-1-9-33)25(39)36(24(26)38)12-4-2-10-34/h5-8,13-15H,1-4,9-12,16-17,33-34H2. The number of urea groups is 1. The summed E-state index contributed by atoms with van der Waals surface area (Å²) in [5.41, 5.74) is 9.67. The number of carbonyl (C=O) groups is 3. The smallest absolute Gasteiger partial charge is 0.330 e. The highest BCUT2D eigenvalue weighted by Gasteiger charge is 2.57. The van der Waals surface area contributed by atoms with E-state index in [1.165, 1.54) is 12.1 Å². The summed E-state index contributed by atoms with van der Waals surface area (Å²) in [6, 6.07) is 9.06. The topological polar surface area (TPSA) is 110 Å². The van der Waals surface area contributed by atoms with Crippen molar-refractivity contribution in [1.29, 1.82) is 0 Å². The van der Waals surface area contributed by atoms with E-state index in [4.69, 9.17) is 11.5 Å². The highest BCUT2D eigenvalue weighted by molar-refractivity contribution is 9.11. The van der Waals surface area contributed by atoms with E-state index in [0.29, 0.717) is 58.8 Å². The van der Waals surface area contributed by atoms with Gasteiger partial charge in [0, 0.05) is 22.0 Å². The van der Waals surface area contributed by atoms with Crippen LogP contribution in [-0.4, -0.2) is 53.8 Å². The number of hydrogen-bond donors (Lipinski definition) is 2. The maximum Gasteiger partial charge on any atom is 0.416 e. The van der Waals surface area contributed by atoms with Crippen LogP contribution in [0.15, 0.2) is 51.4 Å². The summed E-state index contributed by atoms with van der Waals surface area (Å²) in [6.07, 6.45) is -2.71. The van der Waals surface area contributed by atoms with Crippen molar-refractivity contribution < 1.29 is 27.6 Å². The number of hydrogen-bond acceptors (Lipinski definition) is 5. The van der Waals surface area contributed by atoms with Gasteiger partial charge in [0.25, 0.3) is 0 Å².